The van der Waals surface area contributed by atoms with Gasteiger partial charge in [-0.15, -0.1) is 0 Å². The molecule has 1 heterocycles. The minimum absolute atomic E-state index is 0.280. The van der Waals surface area contributed by atoms with Crippen molar-refractivity contribution in [3.63, 3.8) is 0 Å². The van der Waals surface area contributed by atoms with Gasteiger partial charge in [0.1, 0.15) is 0 Å². The zero-order valence-corrected chi connectivity index (χ0v) is 15.8. The molecule has 142 valence electrons. The normalized spacial score (nSPS) is 14.5. The highest BCUT2D eigenvalue weighted by molar-refractivity contribution is 5.90. The molecule has 1 aliphatic rings. The molecule has 3 rings (SSSR count). The molecule has 2 aromatic rings. The van der Waals surface area contributed by atoms with Crippen molar-refractivity contribution in [2.75, 3.05) is 37.8 Å². The van der Waals surface area contributed by atoms with E-state index in [-0.39, 0.29) is 5.97 Å². The molecule has 0 aromatic heterocycles. The van der Waals surface area contributed by atoms with E-state index in [0.29, 0.717) is 12.2 Å². The van der Waals surface area contributed by atoms with Gasteiger partial charge in [-0.1, -0.05) is 25.5 Å². The van der Waals surface area contributed by atoms with E-state index in [1.165, 1.54) is 5.69 Å². The second-order valence-corrected chi connectivity index (χ2v) is 6.49. The van der Waals surface area contributed by atoms with Crippen molar-refractivity contribution in [1.29, 1.82) is 0 Å². The third-order valence-corrected chi connectivity index (χ3v) is 4.47. The average Bonchev–Trinajstić information content (AvgIpc) is 2.74. The lowest BCUT2D eigenvalue weighted by Crippen LogP contribution is -2.36. The summed E-state index contributed by atoms with van der Waals surface area (Å²) in [4.78, 5) is 18.7. The number of ether oxygens (including phenoxy) is 2. The summed E-state index contributed by atoms with van der Waals surface area (Å²) in [5, 5.41) is 0. The second-order valence-electron chi connectivity index (χ2n) is 6.49. The number of hydrogen-bond donors (Lipinski definition) is 0. The van der Waals surface area contributed by atoms with Crippen LogP contribution in [0.5, 0.6) is 0 Å². The number of esters is 1. The van der Waals surface area contributed by atoms with Crippen LogP contribution in [0.1, 0.15) is 35.7 Å². The van der Waals surface area contributed by atoms with E-state index in [2.05, 4.69) is 41.1 Å². The summed E-state index contributed by atoms with van der Waals surface area (Å²) < 4.78 is 10.6. The Morgan fingerprint density at radius 1 is 1.11 bits per heavy atom. The minimum atomic E-state index is -0.280. The molecule has 0 atom stereocenters. The Labute approximate surface area is 160 Å². The fourth-order valence-electron chi connectivity index (χ4n) is 2.82. The molecule has 5 nitrogen and oxygen atoms in total. The van der Waals surface area contributed by atoms with Crippen LogP contribution in [-0.2, 0) is 9.47 Å². The lowest BCUT2D eigenvalue weighted by molar-refractivity contribution is 0.0500. The summed E-state index contributed by atoms with van der Waals surface area (Å²) in [6, 6.07) is 15.5. The van der Waals surface area contributed by atoms with Gasteiger partial charge in [0.2, 0.25) is 0 Å². The molecule has 1 aliphatic heterocycles. The summed E-state index contributed by atoms with van der Waals surface area (Å²) in [5.41, 5.74) is 3.61. The molecule has 1 saturated heterocycles. The molecule has 0 bridgehead atoms. The first-order chi connectivity index (χ1) is 13.3. The zero-order valence-electron chi connectivity index (χ0n) is 15.8. The maximum atomic E-state index is 11.9. The number of benzene rings is 2. The van der Waals surface area contributed by atoms with E-state index in [9.17, 15) is 4.79 Å². The van der Waals surface area contributed by atoms with Crippen molar-refractivity contribution in [3.8, 4) is 0 Å². The van der Waals surface area contributed by atoms with Gasteiger partial charge < -0.3 is 14.4 Å². The monoisotopic (exact) mass is 366 g/mol. The van der Waals surface area contributed by atoms with E-state index >= 15 is 0 Å². The SMILES string of the molecule is CCCCOC(=O)c1ccc(N=Cc2ccc(N3CCOCC3)cc2)cc1. The van der Waals surface area contributed by atoms with Crippen LogP contribution in [0, 0.1) is 0 Å². The highest BCUT2D eigenvalue weighted by Gasteiger charge is 2.10. The Morgan fingerprint density at radius 2 is 1.81 bits per heavy atom. The Bertz CT molecular complexity index is 748. The quantitative estimate of drug-likeness (QED) is 0.418. The molecule has 0 N–H and O–H groups in total. The Kier molecular flexibility index (Phi) is 6.99. The van der Waals surface area contributed by atoms with Crippen molar-refractivity contribution >= 4 is 23.6 Å². The topological polar surface area (TPSA) is 51.1 Å². The van der Waals surface area contributed by atoms with Gasteiger partial charge in [-0.05, 0) is 48.4 Å². The second kappa shape index (κ2) is 9.88. The molecule has 2 aromatic carbocycles. The molecule has 0 saturated carbocycles. The summed E-state index contributed by atoms with van der Waals surface area (Å²) in [6.45, 7) is 5.96. The molecule has 27 heavy (non-hydrogen) atoms. The van der Waals surface area contributed by atoms with Crippen molar-refractivity contribution in [2.45, 2.75) is 19.8 Å². The number of rotatable bonds is 7. The van der Waals surface area contributed by atoms with Gasteiger partial charge in [-0.3, -0.25) is 4.99 Å². The Morgan fingerprint density at radius 3 is 2.48 bits per heavy atom. The largest absolute Gasteiger partial charge is 0.462 e. The van der Waals surface area contributed by atoms with Crippen molar-refractivity contribution in [3.05, 3.63) is 59.7 Å². The molecule has 1 fully saturated rings. The predicted octanol–water partition coefficient (Wildman–Crippen LogP) is 4.23. The third kappa shape index (κ3) is 5.66. The van der Waals surface area contributed by atoms with Crippen molar-refractivity contribution in [2.24, 2.45) is 4.99 Å². The van der Waals surface area contributed by atoms with Gasteiger partial charge in [-0.25, -0.2) is 4.79 Å². The fourth-order valence-corrected chi connectivity index (χ4v) is 2.82. The third-order valence-electron chi connectivity index (χ3n) is 4.47. The van der Waals surface area contributed by atoms with Crippen LogP contribution in [-0.4, -0.2) is 45.1 Å². The number of nitrogens with zero attached hydrogens (tertiary/aromatic N) is 2. The summed E-state index contributed by atoms with van der Waals surface area (Å²) >= 11 is 0. The maximum Gasteiger partial charge on any atom is 0.338 e. The van der Waals surface area contributed by atoms with Gasteiger partial charge in [0, 0.05) is 25.0 Å². The minimum Gasteiger partial charge on any atom is -0.462 e. The highest BCUT2D eigenvalue weighted by Crippen LogP contribution is 2.17. The first-order valence-electron chi connectivity index (χ1n) is 9.50. The number of carbonyl (C=O) groups excluding carboxylic acids is 1. The predicted molar refractivity (Wildman–Crippen MR) is 108 cm³/mol. The molecule has 5 heteroatoms. The number of aliphatic imine (C=N–C) groups is 1. The lowest BCUT2D eigenvalue weighted by Gasteiger charge is -2.28. The average molecular weight is 366 g/mol. The van der Waals surface area contributed by atoms with E-state index in [0.717, 1.165) is 50.4 Å². The first kappa shape index (κ1) is 19.1. The molecular formula is C22H26N2O3. The van der Waals surface area contributed by atoms with E-state index in [1.807, 2.05) is 18.3 Å². The number of unbranched alkanes of at least 4 members (excludes halogenated alkanes) is 1. The van der Waals surface area contributed by atoms with E-state index < -0.39 is 0 Å². The maximum absolute atomic E-state index is 11.9. The molecule has 0 radical (unpaired) electrons. The van der Waals surface area contributed by atoms with Gasteiger partial charge in [-0.2, -0.15) is 0 Å². The number of hydrogen-bond acceptors (Lipinski definition) is 5. The highest BCUT2D eigenvalue weighted by atomic mass is 16.5. The fraction of sp³-hybridized carbons (Fsp3) is 0.364. The standard InChI is InChI=1S/C22H26N2O3/c1-2-3-14-27-22(25)19-6-8-20(9-7-19)23-17-18-4-10-21(11-5-18)24-12-15-26-16-13-24/h4-11,17H,2-3,12-16H2,1H3. The van der Waals surface area contributed by atoms with Crippen molar-refractivity contribution < 1.29 is 14.3 Å². The summed E-state index contributed by atoms with van der Waals surface area (Å²) in [6.07, 6.45) is 3.73. The molecule has 0 unspecified atom stereocenters. The van der Waals surface area contributed by atoms with Crippen LogP contribution >= 0.6 is 0 Å². The molecule has 0 aliphatic carbocycles. The summed E-state index contributed by atoms with van der Waals surface area (Å²) in [5.74, 6) is -0.280. The molecule has 0 spiro atoms. The smallest absolute Gasteiger partial charge is 0.338 e. The van der Waals surface area contributed by atoms with Gasteiger partial charge >= 0.3 is 5.97 Å². The number of carbonyl (C=O) groups is 1. The van der Waals surface area contributed by atoms with Gasteiger partial charge in [0.15, 0.2) is 0 Å². The van der Waals surface area contributed by atoms with Crippen molar-refractivity contribution in [1.82, 2.24) is 0 Å². The van der Waals surface area contributed by atoms with Gasteiger partial charge in [0.25, 0.3) is 0 Å². The van der Waals surface area contributed by atoms with Crippen LogP contribution in [0.15, 0.2) is 53.5 Å². The van der Waals surface area contributed by atoms with E-state index in [1.54, 1.807) is 12.1 Å². The molecule has 0 amide bonds. The first-order valence-corrected chi connectivity index (χ1v) is 9.50. The van der Waals surface area contributed by atoms with Crippen LogP contribution in [0.4, 0.5) is 11.4 Å². The van der Waals surface area contributed by atoms with Gasteiger partial charge in [0.05, 0.1) is 31.1 Å². The number of morpholine rings is 1. The number of anilines is 1. The molecular weight excluding hydrogens is 340 g/mol. The summed E-state index contributed by atoms with van der Waals surface area (Å²) in [7, 11) is 0. The van der Waals surface area contributed by atoms with Crippen LogP contribution < -0.4 is 4.90 Å². The zero-order chi connectivity index (χ0) is 18.9. The Balaban J connectivity index is 1.56. The van der Waals surface area contributed by atoms with Crippen LogP contribution in [0.3, 0.4) is 0 Å². The Hall–Kier alpha value is -2.66. The van der Waals surface area contributed by atoms with Crippen LogP contribution in [0.25, 0.3) is 0 Å². The van der Waals surface area contributed by atoms with E-state index in [4.69, 9.17) is 9.47 Å². The lowest BCUT2D eigenvalue weighted by atomic mass is 10.2. The van der Waals surface area contributed by atoms with Crippen LogP contribution in [0.2, 0.25) is 0 Å².